The molecule has 0 radical (unpaired) electrons. The predicted octanol–water partition coefficient (Wildman–Crippen LogP) is 3.09. The third kappa shape index (κ3) is 6.12. The van der Waals surface area contributed by atoms with Crippen LogP contribution in [0.15, 0.2) is 42.7 Å². The van der Waals surface area contributed by atoms with Crippen LogP contribution in [-0.2, 0) is 11.3 Å². The van der Waals surface area contributed by atoms with Gasteiger partial charge in [-0.2, -0.15) is 8.78 Å². The van der Waals surface area contributed by atoms with E-state index in [1.54, 1.807) is 12.4 Å². The number of benzene rings is 1. The summed E-state index contributed by atoms with van der Waals surface area (Å²) in [6.45, 7) is 1.52. The lowest BCUT2D eigenvalue weighted by Gasteiger charge is -2.34. The lowest BCUT2D eigenvalue weighted by molar-refractivity contribution is -0.117. The summed E-state index contributed by atoms with van der Waals surface area (Å²) in [5.74, 6) is -0.304. The number of rotatable bonds is 7. The van der Waals surface area contributed by atoms with Crippen molar-refractivity contribution < 1.29 is 18.3 Å². The van der Waals surface area contributed by atoms with Crippen molar-refractivity contribution >= 4 is 23.2 Å². The van der Waals surface area contributed by atoms with Crippen LogP contribution in [0.3, 0.4) is 0 Å². The highest BCUT2D eigenvalue weighted by atomic mass is 35.5. The summed E-state index contributed by atoms with van der Waals surface area (Å²) in [5.41, 5.74) is 1.66. The zero-order valence-electron chi connectivity index (χ0n) is 15.2. The van der Waals surface area contributed by atoms with E-state index in [9.17, 15) is 13.6 Å². The average Bonchev–Trinajstić information content (AvgIpc) is 2.66. The van der Waals surface area contributed by atoms with Gasteiger partial charge in [-0.3, -0.25) is 19.6 Å². The van der Waals surface area contributed by atoms with Gasteiger partial charge in [0, 0.05) is 50.8 Å². The monoisotopic (exact) mass is 410 g/mol. The molecule has 1 saturated heterocycles. The maximum absolute atomic E-state index is 12.3. The second-order valence-corrected chi connectivity index (χ2v) is 6.89. The smallest absolute Gasteiger partial charge is 0.387 e. The molecule has 0 unspecified atom stereocenters. The first-order valence-corrected chi connectivity index (χ1v) is 9.25. The maximum atomic E-state index is 12.3. The van der Waals surface area contributed by atoms with E-state index in [1.165, 1.54) is 23.8 Å². The van der Waals surface area contributed by atoms with Crippen molar-refractivity contribution in [2.24, 2.45) is 0 Å². The topological polar surface area (TPSA) is 57.7 Å². The number of nitrogens with zero attached hydrogens (tertiary/aromatic N) is 3. The van der Waals surface area contributed by atoms with Crippen LogP contribution in [0, 0.1) is 0 Å². The van der Waals surface area contributed by atoms with E-state index in [4.69, 9.17) is 11.6 Å². The third-order valence-electron chi connectivity index (χ3n) is 4.42. The maximum Gasteiger partial charge on any atom is 0.387 e. The third-order valence-corrected chi connectivity index (χ3v) is 4.71. The van der Waals surface area contributed by atoms with Crippen molar-refractivity contribution in [3.8, 4) is 5.75 Å². The first kappa shape index (κ1) is 20.4. The van der Waals surface area contributed by atoms with Crippen molar-refractivity contribution in [3.63, 3.8) is 0 Å². The molecule has 1 N–H and O–H groups in total. The Morgan fingerprint density at radius 3 is 2.46 bits per heavy atom. The van der Waals surface area contributed by atoms with Crippen molar-refractivity contribution in [1.82, 2.24) is 14.8 Å². The molecule has 0 aliphatic carbocycles. The molecule has 1 aliphatic rings. The van der Waals surface area contributed by atoms with Crippen molar-refractivity contribution in [2.75, 3.05) is 38.0 Å². The van der Waals surface area contributed by atoms with Crippen LogP contribution in [0.25, 0.3) is 0 Å². The molecule has 1 fully saturated rings. The molecule has 1 aromatic heterocycles. The number of hydrogen-bond donors (Lipinski definition) is 1. The molecule has 2 aromatic rings. The van der Waals surface area contributed by atoms with Crippen LogP contribution >= 0.6 is 11.6 Å². The Balaban J connectivity index is 1.44. The molecule has 1 amide bonds. The van der Waals surface area contributed by atoms with Crippen LogP contribution < -0.4 is 10.1 Å². The molecule has 3 rings (SSSR count). The number of anilines is 1. The van der Waals surface area contributed by atoms with Crippen LogP contribution in [0.5, 0.6) is 5.75 Å². The summed E-state index contributed by atoms with van der Waals surface area (Å²) < 4.78 is 28.8. The van der Waals surface area contributed by atoms with Crippen molar-refractivity contribution in [2.45, 2.75) is 13.2 Å². The molecule has 0 bridgehead atoms. The summed E-state index contributed by atoms with van der Waals surface area (Å²) in [7, 11) is 0. The zero-order valence-corrected chi connectivity index (χ0v) is 15.9. The highest BCUT2D eigenvalue weighted by Crippen LogP contribution is 2.28. The summed E-state index contributed by atoms with van der Waals surface area (Å²) in [6.07, 6.45) is 3.57. The molecule has 2 heterocycles. The van der Waals surface area contributed by atoms with E-state index in [1.807, 2.05) is 12.1 Å². The molecule has 0 saturated carbocycles. The Morgan fingerprint density at radius 1 is 1.14 bits per heavy atom. The number of hydrogen-bond acceptors (Lipinski definition) is 5. The summed E-state index contributed by atoms with van der Waals surface area (Å²) in [5, 5.41) is 2.75. The van der Waals surface area contributed by atoms with E-state index >= 15 is 0 Å². The average molecular weight is 411 g/mol. The molecule has 150 valence electrons. The van der Waals surface area contributed by atoms with Crippen molar-refractivity contribution in [1.29, 1.82) is 0 Å². The molecule has 6 nitrogen and oxygen atoms in total. The molecular formula is C19H21ClF2N4O2. The zero-order chi connectivity index (χ0) is 19.9. The Hall–Kier alpha value is -2.29. The minimum atomic E-state index is -2.95. The lowest BCUT2D eigenvalue weighted by atomic mass is 10.2. The first-order chi connectivity index (χ1) is 13.5. The van der Waals surface area contributed by atoms with Gasteiger partial charge in [-0.25, -0.2) is 0 Å². The number of aromatic nitrogens is 1. The quantitative estimate of drug-likeness (QED) is 0.760. The Bertz CT molecular complexity index is 787. The van der Waals surface area contributed by atoms with Gasteiger partial charge in [-0.15, -0.1) is 0 Å². The number of pyridine rings is 1. The predicted molar refractivity (Wildman–Crippen MR) is 103 cm³/mol. The van der Waals surface area contributed by atoms with Gasteiger partial charge in [0.15, 0.2) is 0 Å². The van der Waals surface area contributed by atoms with Gasteiger partial charge in [0.1, 0.15) is 5.75 Å². The van der Waals surface area contributed by atoms with Crippen LogP contribution in [0.1, 0.15) is 5.56 Å². The molecule has 0 spiro atoms. The highest BCUT2D eigenvalue weighted by molar-refractivity contribution is 6.32. The number of carbonyl (C=O) groups is 1. The van der Waals surface area contributed by atoms with Gasteiger partial charge in [0.25, 0.3) is 0 Å². The molecule has 28 heavy (non-hydrogen) atoms. The van der Waals surface area contributed by atoms with Crippen molar-refractivity contribution in [3.05, 3.63) is 53.3 Å². The fourth-order valence-corrected chi connectivity index (χ4v) is 3.25. The molecule has 0 atom stereocenters. The minimum absolute atomic E-state index is 0.0165. The number of ether oxygens (including phenoxy) is 1. The second-order valence-electron chi connectivity index (χ2n) is 6.48. The molecule has 9 heteroatoms. The Labute approximate surface area is 167 Å². The summed E-state index contributed by atoms with van der Waals surface area (Å²) in [4.78, 5) is 20.7. The van der Waals surface area contributed by atoms with Gasteiger partial charge in [-0.1, -0.05) is 11.6 Å². The van der Waals surface area contributed by atoms with Gasteiger partial charge in [-0.05, 0) is 35.9 Å². The van der Waals surface area contributed by atoms with Gasteiger partial charge in [0.2, 0.25) is 5.91 Å². The molecule has 1 aromatic carbocycles. The second kappa shape index (κ2) is 9.77. The van der Waals surface area contributed by atoms with Crippen LogP contribution in [0.2, 0.25) is 5.02 Å². The van der Waals surface area contributed by atoms with E-state index < -0.39 is 6.61 Å². The minimum Gasteiger partial charge on any atom is -0.433 e. The SMILES string of the molecule is O=C(CN1CCN(Cc2ccncc2)CC1)Nc1ccc(OC(F)F)c(Cl)c1. The first-order valence-electron chi connectivity index (χ1n) is 8.87. The van der Waals surface area contributed by atoms with Gasteiger partial charge < -0.3 is 10.1 Å². The number of carbonyl (C=O) groups excluding carboxylic acids is 1. The van der Waals surface area contributed by atoms with E-state index in [0.29, 0.717) is 5.69 Å². The number of piperazine rings is 1. The van der Waals surface area contributed by atoms with E-state index in [-0.39, 0.29) is 23.2 Å². The normalized spacial score (nSPS) is 15.6. The number of amides is 1. The Kier molecular flexibility index (Phi) is 7.13. The molecular weight excluding hydrogens is 390 g/mol. The lowest BCUT2D eigenvalue weighted by Crippen LogP contribution is -2.48. The highest BCUT2D eigenvalue weighted by Gasteiger charge is 2.19. The standard InChI is InChI=1S/C19H21ClF2N4O2/c20-16-11-15(1-2-17(16)28-19(21)22)24-18(27)13-26-9-7-25(8-10-26)12-14-3-5-23-6-4-14/h1-6,11,19H,7-10,12-13H2,(H,24,27). The molecule has 1 aliphatic heterocycles. The van der Waals surface area contributed by atoms with Crippen LogP contribution in [0.4, 0.5) is 14.5 Å². The summed E-state index contributed by atoms with van der Waals surface area (Å²) >= 11 is 5.90. The fraction of sp³-hybridized carbons (Fsp3) is 0.368. The number of halogens is 3. The van der Waals surface area contributed by atoms with E-state index in [2.05, 4.69) is 24.8 Å². The van der Waals surface area contributed by atoms with Gasteiger partial charge >= 0.3 is 6.61 Å². The Morgan fingerprint density at radius 2 is 1.82 bits per heavy atom. The van der Waals surface area contributed by atoms with Gasteiger partial charge in [0.05, 0.1) is 11.6 Å². The number of nitrogens with one attached hydrogen (secondary N) is 1. The number of alkyl halides is 2. The summed E-state index contributed by atoms with van der Waals surface area (Å²) in [6, 6.07) is 8.19. The van der Waals surface area contributed by atoms with Crippen LogP contribution in [-0.4, -0.2) is 60.0 Å². The van der Waals surface area contributed by atoms with E-state index in [0.717, 1.165) is 32.7 Å². The largest absolute Gasteiger partial charge is 0.433 e. The fourth-order valence-electron chi connectivity index (χ4n) is 3.03.